The van der Waals surface area contributed by atoms with Gasteiger partial charge in [0.05, 0.1) is 11.0 Å². The smallest absolute Gasteiger partial charge is 0.228 e. The molecule has 2 rings (SSSR count). The van der Waals surface area contributed by atoms with Gasteiger partial charge >= 0.3 is 0 Å². The molecule has 8 heteroatoms. The Morgan fingerprint density at radius 2 is 1.71 bits per heavy atom. The standard InChI is InChI=1S/C16H24N2O4S2/c19-23(20,18-24(21,22)16-10-12-17-13-11-16)14-6-2-5-9-15-7-3-1-4-8-15/h1-4,6-8,16-18H,5,9-14H2. The minimum absolute atomic E-state index is 0.327. The second-order valence-corrected chi connectivity index (χ2v) is 9.84. The van der Waals surface area contributed by atoms with Crippen molar-refractivity contribution in [3.63, 3.8) is 0 Å². The van der Waals surface area contributed by atoms with Crippen molar-refractivity contribution in [1.29, 1.82) is 0 Å². The number of aryl methyl sites for hydroxylation is 1. The van der Waals surface area contributed by atoms with Crippen molar-refractivity contribution < 1.29 is 16.8 Å². The summed E-state index contributed by atoms with van der Waals surface area (Å²) in [4.78, 5) is 0. The largest absolute Gasteiger partial charge is 0.317 e. The summed E-state index contributed by atoms with van der Waals surface area (Å²) in [5.74, 6) is -0.327. The predicted molar refractivity (Wildman–Crippen MR) is 95.6 cm³/mol. The summed E-state index contributed by atoms with van der Waals surface area (Å²) < 4.78 is 50.1. The molecule has 6 nitrogen and oxygen atoms in total. The molecule has 0 radical (unpaired) electrons. The third kappa shape index (κ3) is 6.35. The van der Waals surface area contributed by atoms with E-state index in [4.69, 9.17) is 0 Å². The molecular formula is C16H24N2O4S2. The van der Waals surface area contributed by atoms with Gasteiger partial charge in [-0.25, -0.2) is 16.8 Å². The molecule has 1 fully saturated rings. The highest BCUT2D eigenvalue weighted by atomic mass is 32.3. The maximum atomic E-state index is 12.1. The molecule has 2 N–H and O–H groups in total. The van der Waals surface area contributed by atoms with Crippen molar-refractivity contribution in [2.24, 2.45) is 0 Å². The zero-order chi connectivity index (χ0) is 17.5. The zero-order valence-corrected chi connectivity index (χ0v) is 15.2. The summed E-state index contributed by atoms with van der Waals surface area (Å²) in [6.45, 7) is 1.18. The van der Waals surface area contributed by atoms with Crippen molar-refractivity contribution in [1.82, 2.24) is 9.44 Å². The van der Waals surface area contributed by atoms with Crippen LogP contribution in [-0.4, -0.2) is 40.9 Å². The van der Waals surface area contributed by atoms with Gasteiger partial charge in [0.15, 0.2) is 0 Å². The molecule has 0 unspecified atom stereocenters. The van der Waals surface area contributed by atoms with Crippen LogP contribution >= 0.6 is 0 Å². The third-order valence-electron chi connectivity index (χ3n) is 3.89. The third-order valence-corrected chi connectivity index (χ3v) is 7.82. The fourth-order valence-corrected chi connectivity index (χ4v) is 6.07. The van der Waals surface area contributed by atoms with E-state index in [1.807, 2.05) is 34.5 Å². The Morgan fingerprint density at radius 1 is 1.04 bits per heavy atom. The lowest BCUT2D eigenvalue weighted by Crippen LogP contribution is -2.44. The van der Waals surface area contributed by atoms with E-state index in [1.54, 1.807) is 6.08 Å². The van der Waals surface area contributed by atoms with E-state index < -0.39 is 25.3 Å². The van der Waals surface area contributed by atoms with Gasteiger partial charge in [0.25, 0.3) is 0 Å². The Hall–Kier alpha value is -1.22. The van der Waals surface area contributed by atoms with Gasteiger partial charge in [-0.1, -0.05) is 42.5 Å². The highest BCUT2D eigenvalue weighted by Gasteiger charge is 2.30. The number of piperidine rings is 1. The van der Waals surface area contributed by atoms with Crippen LogP contribution in [0.4, 0.5) is 0 Å². The molecule has 1 aromatic rings. The molecule has 1 saturated heterocycles. The topological polar surface area (TPSA) is 92.3 Å². The van der Waals surface area contributed by atoms with Gasteiger partial charge in [-0.15, -0.1) is 4.13 Å². The van der Waals surface area contributed by atoms with Crippen LogP contribution in [0.25, 0.3) is 0 Å². The van der Waals surface area contributed by atoms with Crippen LogP contribution in [0, 0.1) is 0 Å². The van der Waals surface area contributed by atoms with Crippen LogP contribution in [0.15, 0.2) is 42.5 Å². The number of hydrogen-bond acceptors (Lipinski definition) is 5. The van der Waals surface area contributed by atoms with Crippen molar-refractivity contribution in [3.05, 3.63) is 48.0 Å². The van der Waals surface area contributed by atoms with Crippen LogP contribution in [0.3, 0.4) is 0 Å². The van der Waals surface area contributed by atoms with Crippen molar-refractivity contribution in [2.75, 3.05) is 18.8 Å². The van der Waals surface area contributed by atoms with E-state index in [1.165, 1.54) is 11.6 Å². The summed E-state index contributed by atoms with van der Waals surface area (Å²) in [5.41, 5.74) is 1.18. The summed E-state index contributed by atoms with van der Waals surface area (Å²) in [7, 11) is -7.72. The van der Waals surface area contributed by atoms with Crippen LogP contribution in [0.1, 0.15) is 24.8 Å². The van der Waals surface area contributed by atoms with Crippen LogP contribution in [0.2, 0.25) is 0 Å². The highest BCUT2D eigenvalue weighted by molar-refractivity contribution is 8.05. The molecule has 0 bridgehead atoms. The maximum absolute atomic E-state index is 12.1. The second-order valence-electron chi connectivity index (χ2n) is 5.85. The number of benzene rings is 1. The first kappa shape index (κ1) is 19.1. The van der Waals surface area contributed by atoms with Gasteiger partial charge in [0.2, 0.25) is 20.0 Å². The first-order chi connectivity index (χ1) is 11.4. The number of hydrogen-bond donors (Lipinski definition) is 2. The molecule has 134 valence electrons. The predicted octanol–water partition coefficient (Wildman–Crippen LogP) is 1.18. The van der Waals surface area contributed by atoms with Crippen LogP contribution < -0.4 is 9.44 Å². The molecule has 24 heavy (non-hydrogen) atoms. The Labute approximate surface area is 144 Å². The van der Waals surface area contributed by atoms with E-state index in [9.17, 15) is 16.8 Å². The molecule has 1 aromatic carbocycles. The average molecular weight is 373 g/mol. The quantitative estimate of drug-likeness (QED) is 0.669. The summed E-state index contributed by atoms with van der Waals surface area (Å²) in [5, 5.41) is 2.42. The average Bonchev–Trinajstić information content (AvgIpc) is 2.55. The van der Waals surface area contributed by atoms with E-state index >= 15 is 0 Å². The fraction of sp³-hybridized carbons (Fsp3) is 0.500. The first-order valence-electron chi connectivity index (χ1n) is 8.04. The minimum Gasteiger partial charge on any atom is -0.317 e. The van der Waals surface area contributed by atoms with Gasteiger partial charge in [0.1, 0.15) is 0 Å². The molecule has 0 saturated carbocycles. The van der Waals surface area contributed by atoms with Crippen LogP contribution in [-0.2, 0) is 26.5 Å². The molecule has 1 heterocycles. The molecule has 0 atom stereocenters. The lowest BCUT2D eigenvalue weighted by atomic mass is 10.1. The molecule has 1 aliphatic rings. The molecule has 1 aliphatic heterocycles. The monoisotopic (exact) mass is 372 g/mol. The summed E-state index contributed by atoms with van der Waals surface area (Å²) in [6.07, 6.45) is 5.65. The molecule has 0 aliphatic carbocycles. The van der Waals surface area contributed by atoms with Gasteiger partial charge < -0.3 is 5.32 Å². The van der Waals surface area contributed by atoms with Crippen molar-refractivity contribution in [2.45, 2.75) is 30.9 Å². The molecule has 0 aromatic heterocycles. The highest BCUT2D eigenvalue weighted by Crippen LogP contribution is 2.13. The number of rotatable bonds is 8. The zero-order valence-electron chi connectivity index (χ0n) is 13.5. The SMILES string of the molecule is O=S(=O)(CC=CCCc1ccccc1)NS(=O)(=O)C1CCNCC1. The first-order valence-corrected chi connectivity index (χ1v) is 11.2. The van der Waals surface area contributed by atoms with E-state index in [0.29, 0.717) is 32.4 Å². The van der Waals surface area contributed by atoms with Crippen molar-refractivity contribution in [3.8, 4) is 0 Å². The van der Waals surface area contributed by atoms with Gasteiger partial charge in [-0.3, -0.25) is 0 Å². The van der Waals surface area contributed by atoms with Gasteiger partial charge in [-0.05, 0) is 44.3 Å². The normalized spacial score (nSPS) is 17.3. The van der Waals surface area contributed by atoms with Crippen molar-refractivity contribution >= 4 is 20.0 Å². The van der Waals surface area contributed by atoms with Gasteiger partial charge in [0, 0.05) is 0 Å². The van der Waals surface area contributed by atoms with Gasteiger partial charge in [-0.2, -0.15) is 0 Å². The fourth-order valence-electron chi connectivity index (χ4n) is 2.59. The van der Waals surface area contributed by atoms with Crippen LogP contribution in [0.5, 0.6) is 0 Å². The lowest BCUT2D eigenvalue weighted by molar-refractivity contribution is 0.493. The summed E-state index contributed by atoms with van der Waals surface area (Å²) >= 11 is 0. The summed E-state index contributed by atoms with van der Waals surface area (Å²) in [6, 6.07) is 9.88. The Kier molecular flexibility index (Phi) is 6.97. The minimum atomic E-state index is -3.88. The Morgan fingerprint density at radius 3 is 2.38 bits per heavy atom. The van der Waals surface area contributed by atoms with E-state index in [2.05, 4.69) is 5.32 Å². The molecular weight excluding hydrogens is 348 g/mol. The number of allylic oxidation sites excluding steroid dienone is 1. The Bertz CT molecular complexity index is 738. The Balaban J connectivity index is 1.81. The number of sulfonamides is 2. The number of nitrogens with one attached hydrogen (secondary N) is 2. The second kappa shape index (κ2) is 8.75. The lowest BCUT2D eigenvalue weighted by Gasteiger charge is -2.22. The van der Waals surface area contributed by atoms with E-state index in [-0.39, 0.29) is 5.75 Å². The molecule has 0 spiro atoms. The van der Waals surface area contributed by atoms with E-state index in [0.717, 1.165) is 6.42 Å². The molecule has 0 amide bonds. The maximum Gasteiger partial charge on any atom is 0.228 e.